The largest absolute Gasteiger partial charge is 0.593 e. The number of sulfonamides is 1. The van der Waals surface area contributed by atoms with Crippen LogP contribution >= 0.6 is 0 Å². The van der Waals surface area contributed by atoms with Crippen LogP contribution in [0.2, 0.25) is 0 Å². The van der Waals surface area contributed by atoms with Crippen molar-refractivity contribution in [2.75, 3.05) is 38.3 Å². The normalized spacial score (nSPS) is 23.2. The predicted molar refractivity (Wildman–Crippen MR) is 139 cm³/mol. The highest BCUT2D eigenvalue weighted by Gasteiger charge is 2.59. The van der Waals surface area contributed by atoms with Crippen molar-refractivity contribution in [2.45, 2.75) is 31.1 Å². The molecule has 0 radical (unpaired) electrons. The van der Waals surface area contributed by atoms with Gasteiger partial charge in [0.2, 0.25) is 16.0 Å². The summed E-state index contributed by atoms with van der Waals surface area (Å²) >= 11 is -1.63. The Hall–Kier alpha value is -2.87. The molecule has 13 heteroatoms. The highest BCUT2D eigenvalue weighted by molar-refractivity contribution is 7.90. The summed E-state index contributed by atoms with van der Waals surface area (Å²) in [6, 6.07) is 8.65. The van der Waals surface area contributed by atoms with Gasteiger partial charge < -0.3 is 20.3 Å². The molecule has 0 saturated carbocycles. The van der Waals surface area contributed by atoms with Crippen LogP contribution in [0.15, 0.2) is 41.5 Å². The number of methoxy groups -OCH3 is 1. The molecule has 0 bridgehead atoms. The number of carbonyl (C=O) groups excluding carboxylic acids is 1. The third kappa shape index (κ3) is 4.51. The van der Waals surface area contributed by atoms with Gasteiger partial charge in [0, 0.05) is 18.7 Å². The lowest BCUT2D eigenvalue weighted by Gasteiger charge is -2.50. The number of fused-ring (bicyclic) bond motifs is 2. The van der Waals surface area contributed by atoms with Crippen LogP contribution in [0.3, 0.4) is 0 Å². The average Bonchev–Trinajstić information content (AvgIpc) is 2.87. The van der Waals surface area contributed by atoms with E-state index in [0.717, 1.165) is 11.1 Å². The van der Waals surface area contributed by atoms with E-state index in [-0.39, 0.29) is 30.5 Å². The molecule has 2 aliphatic rings. The Balaban J connectivity index is 1.67. The van der Waals surface area contributed by atoms with Crippen molar-refractivity contribution in [3.63, 3.8) is 0 Å². The second-order valence-corrected chi connectivity index (χ2v) is 12.5. The molecule has 0 saturated heterocycles. The zero-order valence-electron chi connectivity index (χ0n) is 20.6. The maximum atomic E-state index is 13.5. The van der Waals surface area contributed by atoms with E-state index < -0.39 is 38.1 Å². The fourth-order valence-electron chi connectivity index (χ4n) is 4.53. The Bertz CT molecular complexity index is 1290. The smallest absolute Gasteiger partial charge is 0.274 e. The summed E-state index contributed by atoms with van der Waals surface area (Å²) in [5.74, 6) is 0.204. The summed E-state index contributed by atoms with van der Waals surface area (Å²) in [6.07, 6.45) is 1.92. The average molecular weight is 535 g/mol. The van der Waals surface area contributed by atoms with Crippen LogP contribution in [-0.2, 0) is 33.3 Å². The molecule has 1 amide bonds. The minimum atomic E-state index is -3.51. The number of benzene rings is 1. The molecule has 4 rings (SSSR count). The van der Waals surface area contributed by atoms with Crippen LogP contribution in [-0.4, -0.2) is 76.7 Å². The lowest BCUT2D eigenvalue weighted by atomic mass is 9.68. The first-order valence-electron chi connectivity index (χ1n) is 11.5. The molecule has 1 aliphatic carbocycles. The maximum Gasteiger partial charge on any atom is 0.274 e. The third-order valence-corrected chi connectivity index (χ3v) is 10.3. The number of ether oxygens (including phenoxy) is 1. The van der Waals surface area contributed by atoms with Crippen LogP contribution in [0.5, 0.6) is 5.75 Å². The van der Waals surface area contributed by atoms with E-state index in [9.17, 15) is 17.8 Å². The molecule has 1 aromatic heterocycles. The van der Waals surface area contributed by atoms with E-state index in [0.29, 0.717) is 17.9 Å². The number of aromatic nitrogens is 1. The van der Waals surface area contributed by atoms with Gasteiger partial charge in [0.05, 0.1) is 44.0 Å². The number of hydrogen-bond donors (Lipinski definition) is 2. The molecule has 36 heavy (non-hydrogen) atoms. The molecule has 11 nitrogen and oxygen atoms in total. The molecular weight excluding hydrogens is 504 g/mol. The number of nitrogens with one attached hydrogen (secondary N) is 1. The van der Waals surface area contributed by atoms with Crippen LogP contribution in [0, 0.1) is 0 Å². The number of pyridine rings is 1. The monoisotopic (exact) mass is 534 g/mol. The summed E-state index contributed by atoms with van der Waals surface area (Å²) in [5.41, 5.74) is 7.64. The molecule has 2 aromatic rings. The van der Waals surface area contributed by atoms with Gasteiger partial charge in [0.1, 0.15) is 17.0 Å². The Morgan fingerprint density at radius 1 is 1.36 bits per heavy atom. The fourth-order valence-corrected chi connectivity index (χ4v) is 7.27. The Morgan fingerprint density at radius 2 is 2.11 bits per heavy atom. The number of carbonyl (C=O) groups is 1. The summed E-state index contributed by atoms with van der Waals surface area (Å²) in [4.78, 5) is 21.6. The van der Waals surface area contributed by atoms with Crippen molar-refractivity contribution in [1.29, 1.82) is 0 Å². The van der Waals surface area contributed by atoms with Gasteiger partial charge in [0.15, 0.2) is 5.25 Å². The zero-order valence-corrected chi connectivity index (χ0v) is 22.2. The van der Waals surface area contributed by atoms with Crippen molar-refractivity contribution in [1.82, 2.24) is 13.6 Å². The van der Waals surface area contributed by atoms with E-state index in [1.807, 2.05) is 6.07 Å². The Morgan fingerprint density at radius 3 is 2.72 bits per heavy atom. The van der Waals surface area contributed by atoms with E-state index in [2.05, 4.69) is 10.3 Å². The van der Waals surface area contributed by atoms with Gasteiger partial charge in [-0.15, -0.1) is 0 Å². The molecule has 1 aliphatic heterocycles. The van der Waals surface area contributed by atoms with E-state index in [1.165, 1.54) is 21.9 Å². The first-order chi connectivity index (χ1) is 17.1. The van der Waals surface area contributed by atoms with Crippen molar-refractivity contribution >= 4 is 38.9 Å². The number of guanidine groups is 1. The molecule has 2 heterocycles. The van der Waals surface area contributed by atoms with Crippen LogP contribution in [0.1, 0.15) is 35.5 Å². The summed E-state index contributed by atoms with van der Waals surface area (Å²) in [7, 11) is -0.409. The first kappa shape index (κ1) is 26.2. The van der Waals surface area contributed by atoms with Gasteiger partial charge in [-0.05, 0) is 42.3 Å². The minimum Gasteiger partial charge on any atom is -0.593 e. The SMILES string of the molecule is CCN(C[C@@H]1[S+]([O-])N(C)C(N)=N[C@@]12Cc1ccc(NC(=O)c3ccc(OC)cn3)cc12)S(=O)(=O)CC. The number of nitrogens with zero attached hydrogens (tertiary/aromatic N) is 4. The van der Waals surface area contributed by atoms with Gasteiger partial charge in [-0.1, -0.05) is 13.0 Å². The zero-order chi connectivity index (χ0) is 26.3. The van der Waals surface area contributed by atoms with E-state index in [4.69, 9.17) is 15.5 Å². The second-order valence-electron chi connectivity index (χ2n) is 8.59. The molecule has 1 aromatic carbocycles. The van der Waals surface area contributed by atoms with E-state index in [1.54, 1.807) is 45.2 Å². The van der Waals surface area contributed by atoms with E-state index >= 15 is 0 Å². The summed E-state index contributed by atoms with van der Waals surface area (Å²) < 4.78 is 46.6. The van der Waals surface area contributed by atoms with Crippen molar-refractivity contribution in [3.05, 3.63) is 53.3 Å². The minimum absolute atomic E-state index is 0.0339. The lowest BCUT2D eigenvalue weighted by molar-refractivity contribution is 0.102. The van der Waals surface area contributed by atoms with Gasteiger partial charge in [-0.25, -0.2) is 18.4 Å². The third-order valence-electron chi connectivity index (χ3n) is 6.66. The van der Waals surface area contributed by atoms with Gasteiger partial charge in [-0.2, -0.15) is 8.61 Å². The summed E-state index contributed by atoms with van der Waals surface area (Å²) in [6.45, 7) is 3.62. The second kappa shape index (κ2) is 9.88. The molecular formula is C23H30N6O5S2. The Labute approximate surface area is 214 Å². The van der Waals surface area contributed by atoms with Crippen molar-refractivity contribution < 1.29 is 22.5 Å². The standard InChI is InChI=1S/C23H30N6O5S2/c1-5-29(36(32,33)6-2)14-20-23(27-22(24)28(3)35(20)31)12-15-7-8-16(11-18(15)23)26-21(30)19-10-9-17(34-4)13-25-19/h7-11,13,20H,5-6,12,14H2,1-4H3,(H2,24,27)(H,26,30)/t20-,23+,35?/m0/s1. The number of amides is 1. The van der Waals surface area contributed by atoms with Gasteiger partial charge in [-0.3, -0.25) is 4.79 Å². The topological polar surface area (TPSA) is 153 Å². The Kier molecular flexibility index (Phi) is 7.19. The number of hydrogen-bond acceptors (Lipinski definition) is 9. The maximum absolute atomic E-state index is 13.5. The molecule has 0 fully saturated rings. The van der Waals surface area contributed by atoms with Crippen molar-refractivity contribution in [3.8, 4) is 5.75 Å². The molecule has 3 atom stereocenters. The number of anilines is 1. The summed E-state index contributed by atoms with van der Waals surface area (Å²) in [5, 5.41) is 2.18. The molecule has 194 valence electrons. The quantitative estimate of drug-likeness (QED) is 0.477. The molecule has 1 unspecified atom stereocenters. The highest BCUT2D eigenvalue weighted by Crippen LogP contribution is 2.50. The van der Waals surface area contributed by atoms with Crippen LogP contribution < -0.4 is 15.8 Å². The van der Waals surface area contributed by atoms with Crippen LogP contribution in [0.25, 0.3) is 0 Å². The highest BCUT2D eigenvalue weighted by atomic mass is 32.2. The van der Waals surface area contributed by atoms with Crippen molar-refractivity contribution in [2.24, 2.45) is 10.7 Å². The first-order valence-corrected chi connectivity index (χ1v) is 14.3. The fraction of sp³-hybridized carbons (Fsp3) is 0.435. The molecule has 3 N–H and O–H groups in total. The van der Waals surface area contributed by atoms with Gasteiger partial charge >= 0.3 is 0 Å². The number of rotatable bonds is 8. The lowest BCUT2D eigenvalue weighted by Crippen LogP contribution is -2.64. The molecule has 1 spiro atoms. The van der Waals surface area contributed by atoms with Gasteiger partial charge in [0.25, 0.3) is 5.91 Å². The number of aliphatic imine (C=N–C) groups is 1. The van der Waals surface area contributed by atoms with Crippen LogP contribution in [0.4, 0.5) is 5.69 Å². The predicted octanol–water partition coefficient (Wildman–Crippen LogP) is 1.06. The number of nitrogens with two attached hydrogens (primary N) is 1.